The maximum absolute atomic E-state index is 8.77. The van der Waals surface area contributed by atoms with E-state index in [1.807, 2.05) is 13.8 Å². The summed E-state index contributed by atoms with van der Waals surface area (Å²) in [5, 5.41) is 11.8. The van der Waals surface area contributed by atoms with Gasteiger partial charge < -0.3 is 20.9 Å². The van der Waals surface area contributed by atoms with Gasteiger partial charge in [0, 0.05) is 19.8 Å². The maximum Gasteiger partial charge on any atom is 0.189 e. The maximum atomic E-state index is 8.77. The largest absolute Gasteiger partial charge is 0.396 e. The highest BCUT2D eigenvalue weighted by atomic mass is 16.5. The molecule has 0 aliphatic heterocycles. The lowest BCUT2D eigenvalue weighted by Crippen LogP contribution is -2.38. The number of nitrogens with one attached hydrogen (secondary N) is 1. The Balaban J connectivity index is 4.08. The van der Waals surface area contributed by atoms with E-state index in [2.05, 4.69) is 10.3 Å². The minimum absolute atomic E-state index is 0.0729. The molecular formula is C9H21N3O2. The van der Waals surface area contributed by atoms with Gasteiger partial charge in [0.15, 0.2) is 5.96 Å². The second-order valence-electron chi connectivity index (χ2n) is 3.43. The number of nitrogens with zero attached hydrogens (tertiary/aromatic N) is 1. The molecule has 14 heavy (non-hydrogen) atoms. The highest BCUT2D eigenvalue weighted by Gasteiger charge is 2.06. The van der Waals surface area contributed by atoms with Crippen molar-refractivity contribution < 1.29 is 9.84 Å². The molecule has 4 N–H and O–H groups in total. The molecule has 0 aliphatic carbocycles. The summed E-state index contributed by atoms with van der Waals surface area (Å²) >= 11 is 0. The average molecular weight is 203 g/mol. The van der Waals surface area contributed by atoms with Gasteiger partial charge in [-0.2, -0.15) is 0 Å². The summed E-state index contributed by atoms with van der Waals surface area (Å²) in [7, 11) is 1.60. The zero-order valence-electron chi connectivity index (χ0n) is 9.16. The Morgan fingerprint density at radius 2 is 2.21 bits per heavy atom. The standard InChI is InChI=1S/C9H21N3O2/c1-7(2)11-9(10)12-8(4-5-13)6-14-3/h7-8,13H,4-6H2,1-3H3,(H3,10,11,12). The highest BCUT2D eigenvalue weighted by Crippen LogP contribution is 1.97. The molecule has 0 bridgehead atoms. The van der Waals surface area contributed by atoms with E-state index in [1.54, 1.807) is 7.11 Å². The van der Waals surface area contributed by atoms with Crippen LogP contribution in [-0.2, 0) is 4.74 Å². The number of aliphatic hydroxyl groups is 1. The first-order valence-corrected chi connectivity index (χ1v) is 4.79. The Morgan fingerprint density at radius 3 is 2.64 bits per heavy atom. The number of hydrogen-bond donors (Lipinski definition) is 3. The van der Waals surface area contributed by atoms with Gasteiger partial charge in [0.2, 0.25) is 0 Å². The third-order valence-corrected chi connectivity index (χ3v) is 1.58. The second-order valence-corrected chi connectivity index (χ2v) is 3.43. The van der Waals surface area contributed by atoms with Crippen molar-refractivity contribution in [3.05, 3.63) is 0 Å². The van der Waals surface area contributed by atoms with Gasteiger partial charge >= 0.3 is 0 Å². The molecule has 0 aromatic rings. The minimum Gasteiger partial charge on any atom is -0.396 e. The van der Waals surface area contributed by atoms with E-state index < -0.39 is 0 Å². The number of rotatable bonds is 6. The van der Waals surface area contributed by atoms with Crippen LogP contribution in [-0.4, -0.2) is 43.5 Å². The van der Waals surface area contributed by atoms with Gasteiger partial charge in [0.05, 0.1) is 12.6 Å². The lowest BCUT2D eigenvalue weighted by atomic mass is 10.2. The summed E-state index contributed by atoms with van der Waals surface area (Å²) in [6.07, 6.45) is 0.564. The van der Waals surface area contributed by atoms with Gasteiger partial charge in [-0.05, 0) is 20.3 Å². The van der Waals surface area contributed by atoms with Crippen LogP contribution in [0.25, 0.3) is 0 Å². The number of guanidine groups is 1. The van der Waals surface area contributed by atoms with E-state index in [0.29, 0.717) is 19.0 Å². The lowest BCUT2D eigenvalue weighted by Gasteiger charge is -2.13. The van der Waals surface area contributed by atoms with Crippen molar-refractivity contribution in [3.8, 4) is 0 Å². The number of ether oxygens (including phenoxy) is 1. The van der Waals surface area contributed by atoms with Crippen molar-refractivity contribution in [2.45, 2.75) is 32.4 Å². The van der Waals surface area contributed by atoms with E-state index in [1.165, 1.54) is 0 Å². The average Bonchev–Trinajstić information content (AvgIpc) is 2.03. The van der Waals surface area contributed by atoms with Crippen LogP contribution in [0.1, 0.15) is 20.3 Å². The molecule has 0 fully saturated rings. The van der Waals surface area contributed by atoms with Crippen molar-refractivity contribution in [1.29, 1.82) is 0 Å². The van der Waals surface area contributed by atoms with Gasteiger partial charge in [-0.1, -0.05) is 0 Å². The molecule has 0 aliphatic rings. The van der Waals surface area contributed by atoms with Crippen LogP contribution in [0, 0.1) is 0 Å². The fourth-order valence-electron chi connectivity index (χ4n) is 1.06. The molecule has 0 radical (unpaired) electrons. The molecule has 0 heterocycles. The molecule has 5 nitrogen and oxygen atoms in total. The summed E-state index contributed by atoms with van der Waals surface area (Å²) in [5.41, 5.74) is 5.64. The molecule has 0 amide bonds. The molecule has 0 aromatic carbocycles. The number of hydrogen-bond acceptors (Lipinski definition) is 3. The number of methoxy groups -OCH3 is 1. The summed E-state index contributed by atoms with van der Waals surface area (Å²) < 4.78 is 4.96. The Hall–Kier alpha value is -0.810. The molecule has 5 heteroatoms. The van der Waals surface area contributed by atoms with Gasteiger partial charge in [-0.3, -0.25) is 0 Å². The first-order chi connectivity index (χ1) is 6.60. The van der Waals surface area contributed by atoms with Crippen LogP contribution in [0.15, 0.2) is 4.99 Å². The third kappa shape index (κ3) is 6.68. The van der Waals surface area contributed by atoms with Crippen LogP contribution in [0.4, 0.5) is 0 Å². The molecule has 0 spiro atoms. The van der Waals surface area contributed by atoms with Crippen LogP contribution in [0.3, 0.4) is 0 Å². The molecular weight excluding hydrogens is 182 g/mol. The first kappa shape index (κ1) is 13.2. The van der Waals surface area contributed by atoms with E-state index in [4.69, 9.17) is 15.6 Å². The Labute approximate surface area is 85.4 Å². The molecule has 0 aromatic heterocycles. The zero-order chi connectivity index (χ0) is 11.0. The third-order valence-electron chi connectivity index (χ3n) is 1.58. The monoisotopic (exact) mass is 203 g/mol. The van der Waals surface area contributed by atoms with Gasteiger partial charge in [0.25, 0.3) is 0 Å². The van der Waals surface area contributed by atoms with Gasteiger partial charge in [-0.25, -0.2) is 4.99 Å². The molecule has 0 saturated heterocycles. The number of aliphatic imine (C=N–C) groups is 1. The zero-order valence-corrected chi connectivity index (χ0v) is 9.16. The summed E-state index contributed by atoms with van der Waals surface area (Å²) in [5.74, 6) is 0.399. The Morgan fingerprint density at radius 1 is 1.57 bits per heavy atom. The van der Waals surface area contributed by atoms with Crippen LogP contribution in [0.2, 0.25) is 0 Å². The van der Waals surface area contributed by atoms with Crippen LogP contribution < -0.4 is 11.1 Å². The summed E-state index contributed by atoms with van der Waals surface area (Å²) in [4.78, 5) is 4.19. The molecule has 0 rings (SSSR count). The Kier molecular flexibility index (Phi) is 7.14. The fraction of sp³-hybridized carbons (Fsp3) is 0.889. The summed E-state index contributed by atoms with van der Waals surface area (Å²) in [6.45, 7) is 4.53. The van der Waals surface area contributed by atoms with Crippen molar-refractivity contribution in [3.63, 3.8) is 0 Å². The van der Waals surface area contributed by atoms with E-state index in [-0.39, 0.29) is 18.7 Å². The van der Waals surface area contributed by atoms with Crippen LogP contribution >= 0.6 is 0 Å². The second kappa shape index (κ2) is 7.58. The summed E-state index contributed by atoms with van der Waals surface area (Å²) in [6, 6.07) is 0.187. The molecule has 1 unspecified atom stereocenters. The normalized spacial score (nSPS) is 14.5. The van der Waals surface area contributed by atoms with Crippen molar-refractivity contribution in [2.75, 3.05) is 20.3 Å². The van der Waals surface area contributed by atoms with E-state index in [9.17, 15) is 0 Å². The first-order valence-electron chi connectivity index (χ1n) is 4.79. The molecule has 84 valence electrons. The van der Waals surface area contributed by atoms with Crippen molar-refractivity contribution in [2.24, 2.45) is 10.7 Å². The molecule has 0 saturated carbocycles. The topological polar surface area (TPSA) is 79.9 Å². The quantitative estimate of drug-likeness (QED) is 0.409. The van der Waals surface area contributed by atoms with Crippen molar-refractivity contribution >= 4 is 5.96 Å². The van der Waals surface area contributed by atoms with Gasteiger partial charge in [-0.15, -0.1) is 0 Å². The highest BCUT2D eigenvalue weighted by molar-refractivity contribution is 5.78. The van der Waals surface area contributed by atoms with E-state index >= 15 is 0 Å². The lowest BCUT2D eigenvalue weighted by molar-refractivity contribution is 0.164. The number of aliphatic hydroxyl groups excluding tert-OH is 1. The van der Waals surface area contributed by atoms with Crippen LogP contribution in [0.5, 0.6) is 0 Å². The predicted molar refractivity (Wildman–Crippen MR) is 57.3 cm³/mol. The van der Waals surface area contributed by atoms with Crippen molar-refractivity contribution in [1.82, 2.24) is 5.32 Å². The molecule has 1 atom stereocenters. The predicted octanol–water partition coefficient (Wildman–Crippen LogP) is -0.303. The Bertz CT molecular complexity index is 165. The number of nitrogens with two attached hydrogens (primary N) is 1. The SMILES string of the molecule is COCC(CCO)N=C(N)NC(C)C. The minimum atomic E-state index is -0.0729. The van der Waals surface area contributed by atoms with Gasteiger partial charge in [0.1, 0.15) is 0 Å². The fourth-order valence-corrected chi connectivity index (χ4v) is 1.06. The smallest absolute Gasteiger partial charge is 0.189 e. The van der Waals surface area contributed by atoms with E-state index in [0.717, 1.165) is 0 Å².